The second-order valence-corrected chi connectivity index (χ2v) is 7.31. The van der Waals surface area contributed by atoms with Gasteiger partial charge in [0.2, 0.25) is 0 Å². The summed E-state index contributed by atoms with van der Waals surface area (Å²) in [6, 6.07) is 15.8. The minimum absolute atomic E-state index is 0.367. The first kappa shape index (κ1) is 15.6. The van der Waals surface area contributed by atoms with Gasteiger partial charge in [0.05, 0.1) is 12.6 Å². The van der Waals surface area contributed by atoms with Gasteiger partial charge < -0.3 is 10.1 Å². The van der Waals surface area contributed by atoms with Crippen LogP contribution in [0.25, 0.3) is 0 Å². The number of nitrogens with one attached hydrogen (secondary N) is 1. The van der Waals surface area contributed by atoms with E-state index in [0.29, 0.717) is 24.5 Å². The molecular weight excluding hydrogens is 314 g/mol. The largest absolute Gasteiger partial charge is 0.494 e. The van der Waals surface area contributed by atoms with Crippen LogP contribution in [0, 0.1) is 5.92 Å². The zero-order valence-electron chi connectivity index (χ0n) is 14.2. The number of ether oxygens (including phenoxy) is 1. The third-order valence-corrected chi connectivity index (χ3v) is 5.86. The van der Waals surface area contributed by atoms with Crippen molar-refractivity contribution in [2.75, 3.05) is 18.2 Å². The molecule has 0 aromatic heterocycles. The van der Waals surface area contributed by atoms with E-state index >= 15 is 0 Å². The Morgan fingerprint density at radius 1 is 1.17 bits per heavy atom. The highest BCUT2D eigenvalue weighted by atomic mass is 32.2. The number of thioether (sulfide) groups is 1. The summed E-state index contributed by atoms with van der Waals surface area (Å²) in [5.74, 6) is 2.03. The number of benzene rings is 2. The summed E-state index contributed by atoms with van der Waals surface area (Å²) in [6.45, 7) is 2.74. The highest BCUT2D eigenvalue weighted by Crippen LogP contribution is 2.50. The van der Waals surface area contributed by atoms with Crippen LogP contribution in [0.3, 0.4) is 0 Å². The maximum atomic E-state index is 5.70. The van der Waals surface area contributed by atoms with E-state index in [-0.39, 0.29) is 0 Å². The summed E-state index contributed by atoms with van der Waals surface area (Å²) >= 11 is 1.79. The Labute approximate surface area is 148 Å². The van der Waals surface area contributed by atoms with E-state index in [0.717, 1.165) is 12.2 Å². The van der Waals surface area contributed by atoms with E-state index in [4.69, 9.17) is 4.74 Å². The number of hydrogen-bond donors (Lipinski definition) is 1. The molecule has 2 aromatic carbocycles. The topological polar surface area (TPSA) is 21.3 Å². The van der Waals surface area contributed by atoms with Crippen molar-refractivity contribution in [3.05, 3.63) is 65.7 Å². The maximum absolute atomic E-state index is 5.70. The van der Waals surface area contributed by atoms with Crippen molar-refractivity contribution >= 4 is 17.4 Å². The van der Waals surface area contributed by atoms with Crippen LogP contribution in [0.15, 0.2) is 59.5 Å². The Bertz CT molecular complexity index is 753. The third-order valence-electron chi connectivity index (χ3n) is 5.12. The van der Waals surface area contributed by atoms with Crippen molar-refractivity contribution in [2.45, 2.75) is 30.2 Å². The number of fused-ring (bicyclic) bond motifs is 3. The lowest BCUT2D eigenvalue weighted by molar-refractivity contribution is 0.338. The van der Waals surface area contributed by atoms with Crippen molar-refractivity contribution in [1.82, 2.24) is 0 Å². The van der Waals surface area contributed by atoms with E-state index in [2.05, 4.69) is 66.2 Å². The van der Waals surface area contributed by atoms with Crippen LogP contribution in [-0.2, 0) is 0 Å². The predicted octanol–water partition coefficient (Wildman–Crippen LogP) is 5.63. The highest BCUT2D eigenvalue weighted by molar-refractivity contribution is 7.98. The molecule has 124 valence electrons. The molecule has 3 heteroatoms. The molecule has 0 amide bonds. The second-order valence-electron chi connectivity index (χ2n) is 6.43. The maximum Gasteiger partial charge on any atom is 0.119 e. The van der Waals surface area contributed by atoms with Crippen LogP contribution in [0.5, 0.6) is 5.75 Å². The minimum atomic E-state index is 0.367. The monoisotopic (exact) mass is 337 g/mol. The van der Waals surface area contributed by atoms with Crippen LogP contribution >= 0.6 is 11.8 Å². The Balaban J connectivity index is 1.69. The van der Waals surface area contributed by atoms with E-state index in [1.165, 1.54) is 21.7 Å². The molecule has 2 nitrogen and oxygen atoms in total. The van der Waals surface area contributed by atoms with Crippen LogP contribution < -0.4 is 10.1 Å². The predicted molar refractivity (Wildman–Crippen MR) is 102 cm³/mol. The molecule has 0 bridgehead atoms. The molecule has 0 radical (unpaired) electrons. The quantitative estimate of drug-likeness (QED) is 0.577. The van der Waals surface area contributed by atoms with Gasteiger partial charge in [-0.05, 0) is 67.0 Å². The van der Waals surface area contributed by atoms with Crippen molar-refractivity contribution in [3.63, 3.8) is 0 Å². The molecule has 24 heavy (non-hydrogen) atoms. The number of anilines is 1. The van der Waals surface area contributed by atoms with Gasteiger partial charge in [-0.25, -0.2) is 0 Å². The van der Waals surface area contributed by atoms with E-state index < -0.39 is 0 Å². The number of rotatable bonds is 4. The molecule has 1 N–H and O–H groups in total. The van der Waals surface area contributed by atoms with E-state index in [1.54, 1.807) is 11.8 Å². The van der Waals surface area contributed by atoms with Gasteiger partial charge in [-0.15, -0.1) is 11.8 Å². The normalized spacial score (nSPS) is 24.2. The number of allylic oxidation sites excluding steroid dienone is 2. The summed E-state index contributed by atoms with van der Waals surface area (Å²) in [5, 5.41) is 3.79. The van der Waals surface area contributed by atoms with Gasteiger partial charge in [0.25, 0.3) is 0 Å². The average molecular weight is 337 g/mol. The summed E-state index contributed by atoms with van der Waals surface area (Å²) < 4.78 is 5.70. The zero-order chi connectivity index (χ0) is 16.5. The standard InChI is InChI=1S/C21H23NOS/c1-3-23-15-9-12-20-19(13-15)17-5-4-6-18(17)21(22-20)14-7-10-16(24-2)11-8-14/h4-5,7-13,17-18,21-22H,3,6H2,1-2H3. The van der Waals surface area contributed by atoms with Crippen molar-refractivity contribution in [1.29, 1.82) is 0 Å². The molecular formula is C21H23NOS. The summed E-state index contributed by atoms with van der Waals surface area (Å²) in [7, 11) is 0. The van der Waals surface area contributed by atoms with E-state index in [1.807, 2.05) is 6.92 Å². The highest BCUT2D eigenvalue weighted by Gasteiger charge is 2.37. The molecule has 0 fully saturated rings. The first-order valence-electron chi connectivity index (χ1n) is 8.64. The molecule has 1 aliphatic heterocycles. The molecule has 2 aromatic rings. The lowest BCUT2D eigenvalue weighted by atomic mass is 9.77. The van der Waals surface area contributed by atoms with Gasteiger partial charge in [-0.1, -0.05) is 24.3 Å². The molecule has 3 atom stereocenters. The van der Waals surface area contributed by atoms with Crippen molar-refractivity contribution in [3.8, 4) is 5.75 Å². The van der Waals surface area contributed by atoms with E-state index in [9.17, 15) is 0 Å². The van der Waals surface area contributed by atoms with Gasteiger partial charge in [-0.3, -0.25) is 0 Å². The average Bonchev–Trinajstić information content (AvgIpc) is 3.12. The van der Waals surface area contributed by atoms with Crippen molar-refractivity contribution < 1.29 is 4.74 Å². The fraction of sp³-hybridized carbons (Fsp3) is 0.333. The third kappa shape index (κ3) is 2.71. The summed E-state index contributed by atoms with van der Waals surface area (Å²) in [5.41, 5.74) is 3.99. The van der Waals surface area contributed by atoms with Crippen LogP contribution in [0.2, 0.25) is 0 Å². The van der Waals surface area contributed by atoms with Gasteiger partial charge in [-0.2, -0.15) is 0 Å². The molecule has 2 aliphatic rings. The smallest absolute Gasteiger partial charge is 0.119 e. The fourth-order valence-electron chi connectivity index (χ4n) is 3.97. The first-order valence-corrected chi connectivity index (χ1v) is 9.86. The molecule has 1 aliphatic carbocycles. The lowest BCUT2D eigenvalue weighted by Gasteiger charge is -2.37. The van der Waals surface area contributed by atoms with Crippen LogP contribution in [0.4, 0.5) is 5.69 Å². The van der Waals surface area contributed by atoms with Crippen LogP contribution in [-0.4, -0.2) is 12.9 Å². The molecule has 4 rings (SSSR count). The molecule has 0 saturated heterocycles. The SMILES string of the molecule is CCOc1ccc2c(c1)C1C=CCC1C(c1ccc(SC)cc1)N2. The Kier molecular flexibility index (Phi) is 4.28. The van der Waals surface area contributed by atoms with Gasteiger partial charge in [0.15, 0.2) is 0 Å². The summed E-state index contributed by atoms with van der Waals surface area (Å²) in [6.07, 6.45) is 7.97. The Morgan fingerprint density at radius 3 is 2.75 bits per heavy atom. The van der Waals surface area contributed by atoms with Gasteiger partial charge in [0, 0.05) is 16.5 Å². The molecule has 0 spiro atoms. The summed E-state index contributed by atoms with van der Waals surface area (Å²) in [4.78, 5) is 1.32. The van der Waals surface area contributed by atoms with Crippen LogP contribution in [0.1, 0.15) is 36.4 Å². The second kappa shape index (κ2) is 6.56. The lowest BCUT2D eigenvalue weighted by Crippen LogP contribution is -2.29. The Morgan fingerprint density at radius 2 is 2.00 bits per heavy atom. The fourth-order valence-corrected chi connectivity index (χ4v) is 4.38. The first-order chi connectivity index (χ1) is 11.8. The Hall–Kier alpha value is -1.87. The van der Waals surface area contributed by atoms with Crippen molar-refractivity contribution in [2.24, 2.45) is 5.92 Å². The number of hydrogen-bond acceptors (Lipinski definition) is 3. The van der Waals surface area contributed by atoms with Gasteiger partial charge in [0.1, 0.15) is 5.75 Å². The molecule has 3 unspecified atom stereocenters. The van der Waals surface area contributed by atoms with Gasteiger partial charge >= 0.3 is 0 Å². The minimum Gasteiger partial charge on any atom is -0.494 e. The zero-order valence-corrected chi connectivity index (χ0v) is 15.0. The molecule has 0 saturated carbocycles. The molecule has 1 heterocycles.